The Labute approximate surface area is 164 Å². The lowest BCUT2D eigenvalue weighted by Gasteiger charge is -2.09. The Kier molecular flexibility index (Phi) is 6.66. The number of hydrogen-bond donors (Lipinski definition) is 1. The lowest BCUT2D eigenvalue weighted by molar-refractivity contribution is -0.135. The van der Waals surface area contributed by atoms with Crippen LogP contribution in [0.1, 0.15) is 35.2 Å². The van der Waals surface area contributed by atoms with Crippen LogP contribution in [0.3, 0.4) is 0 Å². The summed E-state index contributed by atoms with van der Waals surface area (Å²) in [4.78, 5) is 24.0. The highest BCUT2D eigenvalue weighted by Crippen LogP contribution is 2.22. The molecule has 1 aliphatic rings. The molecule has 27 heavy (non-hydrogen) atoms. The van der Waals surface area contributed by atoms with Crippen LogP contribution in [0.25, 0.3) is 0 Å². The van der Waals surface area contributed by atoms with Crippen LogP contribution in [-0.4, -0.2) is 18.4 Å². The second kappa shape index (κ2) is 9.38. The number of ether oxygens (including phenoxy) is 1. The third kappa shape index (κ3) is 5.97. The van der Waals surface area contributed by atoms with Crippen molar-refractivity contribution in [3.8, 4) is 5.75 Å². The Morgan fingerprint density at radius 1 is 1.07 bits per heavy atom. The zero-order valence-corrected chi connectivity index (χ0v) is 15.7. The van der Waals surface area contributed by atoms with E-state index in [1.165, 1.54) is 0 Å². The van der Waals surface area contributed by atoms with Gasteiger partial charge in [-0.05, 0) is 67.1 Å². The van der Waals surface area contributed by atoms with Crippen LogP contribution in [0.15, 0.2) is 60.7 Å². The van der Waals surface area contributed by atoms with E-state index in [1.54, 1.807) is 36.4 Å². The van der Waals surface area contributed by atoms with Crippen molar-refractivity contribution in [1.29, 1.82) is 0 Å². The van der Waals surface area contributed by atoms with Crippen LogP contribution in [0.5, 0.6) is 5.75 Å². The fourth-order valence-corrected chi connectivity index (χ4v) is 3.13. The molecule has 0 aliphatic heterocycles. The Hall–Kier alpha value is -2.59. The van der Waals surface area contributed by atoms with E-state index in [2.05, 4.69) is 17.5 Å². The summed E-state index contributed by atoms with van der Waals surface area (Å²) in [6.45, 7) is 0.522. The molecule has 0 saturated heterocycles. The number of carbonyl (C=O) groups excluding carboxylic acids is 2. The molecule has 1 amide bonds. The molecule has 0 bridgehead atoms. The number of allylic oxidation sites excluding steroid dienone is 2. The Morgan fingerprint density at radius 3 is 2.48 bits per heavy atom. The van der Waals surface area contributed by atoms with Gasteiger partial charge in [0, 0.05) is 17.1 Å². The van der Waals surface area contributed by atoms with E-state index in [1.807, 2.05) is 12.1 Å². The molecule has 2 aromatic rings. The van der Waals surface area contributed by atoms with Crippen LogP contribution >= 0.6 is 11.6 Å². The van der Waals surface area contributed by atoms with Gasteiger partial charge < -0.3 is 10.1 Å². The van der Waals surface area contributed by atoms with E-state index in [0.29, 0.717) is 41.6 Å². The van der Waals surface area contributed by atoms with E-state index in [0.717, 1.165) is 18.4 Å². The molecule has 1 atom stereocenters. The summed E-state index contributed by atoms with van der Waals surface area (Å²) >= 11 is 5.82. The molecular weight excluding hydrogens is 362 g/mol. The lowest BCUT2D eigenvalue weighted by Crippen LogP contribution is -2.25. The summed E-state index contributed by atoms with van der Waals surface area (Å²) in [6, 6.07) is 14.2. The molecular formula is C22H22ClNO3. The number of esters is 1. The molecule has 0 unspecified atom stereocenters. The normalized spacial score (nSPS) is 15.5. The van der Waals surface area contributed by atoms with Crippen molar-refractivity contribution < 1.29 is 14.3 Å². The number of nitrogens with one attached hydrogen (secondary N) is 1. The third-order valence-electron chi connectivity index (χ3n) is 4.50. The molecule has 2 aromatic carbocycles. The van der Waals surface area contributed by atoms with E-state index < -0.39 is 0 Å². The highest BCUT2D eigenvalue weighted by atomic mass is 35.5. The van der Waals surface area contributed by atoms with Crippen LogP contribution in [0.4, 0.5) is 0 Å². The molecule has 0 radical (unpaired) electrons. The van der Waals surface area contributed by atoms with Crippen molar-refractivity contribution in [3.05, 3.63) is 76.8 Å². The number of amides is 1. The van der Waals surface area contributed by atoms with Gasteiger partial charge in [-0.3, -0.25) is 9.59 Å². The van der Waals surface area contributed by atoms with E-state index in [4.69, 9.17) is 16.3 Å². The Morgan fingerprint density at radius 2 is 1.81 bits per heavy atom. The minimum Gasteiger partial charge on any atom is -0.427 e. The van der Waals surface area contributed by atoms with Gasteiger partial charge in [0.05, 0.1) is 6.42 Å². The van der Waals surface area contributed by atoms with Gasteiger partial charge >= 0.3 is 5.97 Å². The minimum absolute atomic E-state index is 0.127. The van der Waals surface area contributed by atoms with E-state index in [9.17, 15) is 9.59 Å². The number of hydrogen-bond acceptors (Lipinski definition) is 3. The first-order valence-corrected chi connectivity index (χ1v) is 9.48. The number of halogens is 1. The fourth-order valence-electron chi connectivity index (χ4n) is 3.00. The standard InChI is InChI=1S/C22H22ClNO3/c23-19-9-7-18(8-10-19)22(26)24-14-13-16-5-11-20(12-6-16)27-21(25)15-17-3-1-2-4-17/h1,3,5-12,17H,2,4,13-15H2,(H,24,26)/t17-/m1/s1. The van der Waals surface area contributed by atoms with Gasteiger partial charge in [0.25, 0.3) is 5.91 Å². The van der Waals surface area contributed by atoms with Crippen molar-refractivity contribution in [2.24, 2.45) is 5.92 Å². The summed E-state index contributed by atoms with van der Waals surface area (Å²) in [5, 5.41) is 3.48. The van der Waals surface area contributed by atoms with Gasteiger partial charge in [-0.15, -0.1) is 0 Å². The Bertz CT molecular complexity index is 812. The summed E-state index contributed by atoms with van der Waals surface area (Å²) < 4.78 is 5.39. The molecule has 0 aromatic heterocycles. The molecule has 0 heterocycles. The molecule has 0 spiro atoms. The quantitative estimate of drug-likeness (QED) is 0.432. The van der Waals surface area contributed by atoms with Crippen molar-refractivity contribution in [1.82, 2.24) is 5.32 Å². The lowest BCUT2D eigenvalue weighted by atomic mass is 10.1. The van der Waals surface area contributed by atoms with Crippen molar-refractivity contribution >= 4 is 23.5 Å². The van der Waals surface area contributed by atoms with Crippen LogP contribution in [-0.2, 0) is 11.2 Å². The van der Waals surface area contributed by atoms with Crippen molar-refractivity contribution in [3.63, 3.8) is 0 Å². The average molecular weight is 384 g/mol. The summed E-state index contributed by atoms with van der Waals surface area (Å²) in [5.74, 6) is 0.532. The smallest absolute Gasteiger partial charge is 0.311 e. The van der Waals surface area contributed by atoms with Crippen molar-refractivity contribution in [2.45, 2.75) is 25.7 Å². The molecule has 3 rings (SSSR count). The summed E-state index contributed by atoms with van der Waals surface area (Å²) in [6.07, 6.45) is 7.38. The summed E-state index contributed by atoms with van der Waals surface area (Å²) in [5.41, 5.74) is 1.64. The SMILES string of the molecule is O=C(C[C@@H]1C=CCC1)Oc1ccc(CCNC(=O)c2ccc(Cl)cc2)cc1. The molecule has 0 fully saturated rings. The molecule has 1 N–H and O–H groups in total. The molecule has 140 valence electrons. The Balaban J connectivity index is 1.42. The first-order valence-electron chi connectivity index (χ1n) is 9.10. The van der Waals surface area contributed by atoms with Crippen LogP contribution < -0.4 is 10.1 Å². The zero-order chi connectivity index (χ0) is 19.1. The van der Waals surface area contributed by atoms with Gasteiger partial charge in [-0.1, -0.05) is 35.9 Å². The second-order valence-electron chi connectivity index (χ2n) is 6.60. The van der Waals surface area contributed by atoms with E-state index >= 15 is 0 Å². The second-order valence-corrected chi connectivity index (χ2v) is 7.04. The monoisotopic (exact) mass is 383 g/mol. The maximum atomic E-state index is 12.0. The first kappa shape index (κ1) is 19.2. The highest BCUT2D eigenvalue weighted by Gasteiger charge is 2.15. The first-order chi connectivity index (χ1) is 13.1. The zero-order valence-electron chi connectivity index (χ0n) is 15.0. The third-order valence-corrected chi connectivity index (χ3v) is 4.75. The maximum absolute atomic E-state index is 12.0. The summed E-state index contributed by atoms with van der Waals surface area (Å²) in [7, 11) is 0. The number of rotatable bonds is 7. The average Bonchev–Trinajstić information content (AvgIpc) is 3.16. The predicted octanol–water partition coefficient (Wildman–Crippen LogP) is 4.57. The fraction of sp³-hybridized carbons (Fsp3) is 0.273. The minimum atomic E-state index is -0.200. The largest absolute Gasteiger partial charge is 0.427 e. The van der Waals surface area contributed by atoms with Gasteiger partial charge in [0.15, 0.2) is 0 Å². The molecule has 5 heteroatoms. The maximum Gasteiger partial charge on any atom is 0.311 e. The van der Waals surface area contributed by atoms with Gasteiger partial charge in [-0.2, -0.15) is 0 Å². The van der Waals surface area contributed by atoms with E-state index in [-0.39, 0.29) is 11.9 Å². The van der Waals surface area contributed by atoms with Gasteiger partial charge in [0.2, 0.25) is 0 Å². The van der Waals surface area contributed by atoms with Gasteiger partial charge in [0.1, 0.15) is 5.75 Å². The van der Waals surface area contributed by atoms with Crippen LogP contribution in [0.2, 0.25) is 5.02 Å². The molecule has 0 saturated carbocycles. The van der Waals surface area contributed by atoms with Gasteiger partial charge in [-0.25, -0.2) is 0 Å². The highest BCUT2D eigenvalue weighted by molar-refractivity contribution is 6.30. The van der Waals surface area contributed by atoms with Crippen LogP contribution in [0, 0.1) is 5.92 Å². The predicted molar refractivity (Wildman–Crippen MR) is 106 cm³/mol. The van der Waals surface area contributed by atoms with Crippen molar-refractivity contribution in [2.75, 3.05) is 6.54 Å². The topological polar surface area (TPSA) is 55.4 Å². The number of carbonyl (C=O) groups is 2. The number of benzene rings is 2. The molecule has 1 aliphatic carbocycles. The molecule has 4 nitrogen and oxygen atoms in total.